The number of benzene rings is 2. The van der Waals surface area contributed by atoms with Gasteiger partial charge in [0.15, 0.2) is 11.0 Å². The molecule has 0 aliphatic rings. The minimum atomic E-state index is 0.619. The van der Waals surface area contributed by atoms with E-state index in [1.165, 1.54) is 0 Å². The van der Waals surface area contributed by atoms with Crippen molar-refractivity contribution in [1.29, 1.82) is 5.26 Å². The molecule has 0 amide bonds. The quantitative estimate of drug-likeness (QED) is 0.402. The van der Waals surface area contributed by atoms with Gasteiger partial charge in [-0.2, -0.15) is 5.26 Å². The molecule has 0 saturated carbocycles. The van der Waals surface area contributed by atoms with Crippen molar-refractivity contribution < 1.29 is 4.74 Å². The van der Waals surface area contributed by atoms with Crippen molar-refractivity contribution >= 4 is 11.8 Å². The van der Waals surface area contributed by atoms with Gasteiger partial charge in [0.25, 0.3) is 0 Å². The van der Waals surface area contributed by atoms with Crippen molar-refractivity contribution in [2.45, 2.75) is 17.8 Å². The second-order valence-corrected chi connectivity index (χ2v) is 7.30. The Morgan fingerprint density at radius 2 is 1.77 bits per heavy atom. The van der Waals surface area contributed by atoms with Crippen molar-refractivity contribution in [3.63, 3.8) is 0 Å². The zero-order valence-corrected chi connectivity index (χ0v) is 17.2. The maximum absolute atomic E-state index is 9.36. The van der Waals surface area contributed by atoms with Crippen LogP contribution in [0.4, 0.5) is 0 Å². The van der Waals surface area contributed by atoms with Crippen LogP contribution in [-0.2, 0) is 5.75 Å². The first-order valence-electron chi connectivity index (χ1n) is 9.50. The van der Waals surface area contributed by atoms with Gasteiger partial charge in [0.1, 0.15) is 5.75 Å². The number of thioether (sulfide) groups is 1. The van der Waals surface area contributed by atoms with Crippen LogP contribution < -0.4 is 4.74 Å². The molecule has 0 saturated heterocycles. The van der Waals surface area contributed by atoms with E-state index in [0.717, 1.165) is 33.5 Å². The van der Waals surface area contributed by atoms with E-state index in [1.54, 1.807) is 24.2 Å². The topological polar surface area (TPSA) is 76.6 Å². The summed E-state index contributed by atoms with van der Waals surface area (Å²) in [4.78, 5) is 4.10. The molecule has 4 aromatic rings. The molecule has 2 heterocycles. The van der Waals surface area contributed by atoms with Gasteiger partial charge >= 0.3 is 0 Å². The van der Waals surface area contributed by atoms with E-state index in [4.69, 9.17) is 4.74 Å². The number of rotatable bonds is 7. The molecule has 0 aliphatic carbocycles. The smallest absolute Gasteiger partial charge is 0.196 e. The van der Waals surface area contributed by atoms with Crippen LogP contribution in [0.25, 0.3) is 17.1 Å². The van der Waals surface area contributed by atoms with Crippen molar-refractivity contribution in [3.05, 3.63) is 84.2 Å². The third-order valence-corrected chi connectivity index (χ3v) is 5.45. The first kappa shape index (κ1) is 19.7. The first-order chi connectivity index (χ1) is 14.8. The molecule has 0 radical (unpaired) electrons. The molecule has 148 valence electrons. The summed E-state index contributed by atoms with van der Waals surface area (Å²) in [6.07, 6.45) is 3.48. The van der Waals surface area contributed by atoms with Crippen LogP contribution in [0, 0.1) is 11.3 Å². The summed E-state index contributed by atoms with van der Waals surface area (Å²) in [5.74, 6) is 2.17. The molecule has 0 N–H and O–H groups in total. The number of pyridine rings is 1. The average Bonchev–Trinajstić information content (AvgIpc) is 3.23. The van der Waals surface area contributed by atoms with Crippen molar-refractivity contribution in [2.75, 3.05) is 6.61 Å². The lowest BCUT2D eigenvalue weighted by Crippen LogP contribution is -2.00. The Labute approximate surface area is 179 Å². The van der Waals surface area contributed by atoms with E-state index in [0.29, 0.717) is 17.9 Å². The fraction of sp³-hybridized carbons (Fsp3) is 0.130. The Morgan fingerprint density at radius 1 is 1.00 bits per heavy atom. The van der Waals surface area contributed by atoms with Crippen LogP contribution in [0.5, 0.6) is 5.75 Å². The molecule has 6 nitrogen and oxygen atoms in total. The lowest BCUT2D eigenvalue weighted by atomic mass is 10.1. The van der Waals surface area contributed by atoms with Crippen LogP contribution in [-0.4, -0.2) is 26.4 Å². The summed E-state index contributed by atoms with van der Waals surface area (Å²) in [6, 6.07) is 21.5. The number of aromatic nitrogens is 4. The number of hydrogen-bond acceptors (Lipinski definition) is 6. The molecule has 4 rings (SSSR count). The SMILES string of the molecule is CCOc1ccc(-n2c(SCc3ccccc3C#N)nnc2-c2ccncc2)cc1. The predicted molar refractivity (Wildman–Crippen MR) is 116 cm³/mol. The summed E-state index contributed by atoms with van der Waals surface area (Å²) in [5, 5.41) is 19.0. The Balaban J connectivity index is 1.72. The van der Waals surface area contributed by atoms with E-state index in [2.05, 4.69) is 21.3 Å². The normalized spacial score (nSPS) is 10.5. The van der Waals surface area contributed by atoms with E-state index >= 15 is 0 Å². The van der Waals surface area contributed by atoms with Crippen LogP contribution in [0.3, 0.4) is 0 Å². The van der Waals surface area contributed by atoms with Crippen LogP contribution in [0.15, 0.2) is 78.2 Å². The lowest BCUT2D eigenvalue weighted by Gasteiger charge is -2.11. The van der Waals surface area contributed by atoms with Gasteiger partial charge in [-0.3, -0.25) is 9.55 Å². The monoisotopic (exact) mass is 413 g/mol. The number of nitriles is 1. The number of nitrogens with zero attached hydrogens (tertiary/aromatic N) is 5. The molecule has 0 aliphatic heterocycles. The second kappa shape index (κ2) is 9.25. The minimum absolute atomic E-state index is 0.619. The summed E-state index contributed by atoms with van der Waals surface area (Å²) >= 11 is 1.55. The zero-order chi connectivity index (χ0) is 20.8. The maximum Gasteiger partial charge on any atom is 0.196 e. The molecule has 0 bridgehead atoms. The van der Waals surface area contributed by atoms with Gasteiger partial charge in [-0.25, -0.2) is 0 Å². The third-order valence-electron chi connectivity index (χ3n) is 4.47. The van der Waals surface area contributed by atoms with Gasteiger partial charge in [-0.05, 0) is 55.0 Å². The Bertz CT molecular complexity index is 1170. The highest BCUT2D eigenvalue weighted by atomic mass is 32.2. The Morgan fingerprint density at radius 3 is 2.50 bits per heavy atom. The van der Waals surface area contributed by atoms with E-state index < -0.39 is 0 Å². The molecular weight excluding hydrogens is 394 g/mol. The van der Waals surface area contributed by atoms with E-state index in [1.807, 2.05) is 72.2 Å². The molecule has 2 aromatic carbocycles. The molecular formula is C23H19N5OS. The Kier molecular flexibility index (Phi) is 6.06. The summed E-state index contributed by atoms with van der Waals surface area (Å²) in [6.45, 7) is 2.58. The molecule has 0 atom stereocenters. The summed E-state index contributed by atoms with van der Waals surface area (Å²) in [7, 11) is 0. The summed E-state index contributed by atoms with van der Waals surface area (Å²) in [5.41, 5.74) is 3.50. The number of ether oxygens (including phenoxy) is 1. The van der Waals surface area contributed by atoms with Gasteiger partial charge in [0, 0.05) is 29.4 Å². The van der Waals surface area contributed by atoms with Crippen molar-refractivity contribution in [2.24, 2.45) is 0 Å². The molecule has 2 aromatic heterocycles. The fourth-order valence-electron chi connectivity index (χ4n) is 3.04. The van der Waals surface area contributed by atoms with Gasteiger partial charge in [0.2, 0.25) is 0 Å². The second-order valence-electron chi connectivity index (χ2n) is 6.36. The highest BCUT2D eigenvalue weighted by molar-refractivity contribution is 7.98. The minimum Gasteiger partial charge on any atom is -0.494 e. The molecule has 30 heavy (non-hydrogen) atoms. The van der Waals surface area contributed by atoms with Crippen molar-refractivity contribution in [1.82, 2.24) is 19.7 Å². The standard InChI is InChI=1S/C23H19N5OS/c1-2-29-21-9-7-20(8-10-21)28-22(17-11-13-25-14-12-17)26-27-23(28)30-16-19-6-4-3-5-18(19)15-24/h3-14H,2,16H2,1H3. The van der Waals surface area contributed by atoms with Crippen LogP contribution >= 0.6 is 11.8 Å². The summed E-state index contributed by atoms with van der Waals surface area (Å²) < 4.78 is 7.59. The van der Waals surface area contributed by atoms with Crippen LogP contribution in [0.2, 0.25) is 0 Å². The highest BCUT2D eigenvalue weighted by Crippen LogP contribution is 2.30. The van der Waals surface area contributed by atoms with E-state index in [-0.39, 0.29) is 0 Å². The molecule has 0 spiro atoms. The average molecular weight is 414 g/mol. The van der Waals surface area contributed by atoms with Crippen LogP contribution in [0.1, 0.15) is 18.1 Å². The zero-order valence-electron chi connectivity index (χ0n) is 16.4. The third kappa shape index (κ3) is 4.19. The first-order valence-corrected chi connectivity index (χ1v) is 10.5. The lowest BCUT2D eigenvalue weighted by molar-refractivity contribution is 0.340. The fourth-order valence-corrected chi connectivity index (χ4v) is 4.00. The van der Waals surface area contributed by atoms with Gasteiger partial charge in [-0.15, -0.1) is 10.2 Å². The predicted octanol–water partition coefficient (Wildman–Crippen LogP) is 4.89. The molecule has 0 unspecified atom stereocenters. The highest BCUT2D eigenvalue weighted by Gasteiger charge is 2.17. The van der Waals surface area contributed by atoms with Gasteiger partial charge < -0.3 is 4.74 Å². The molecule has 0 fully saturated rings. The Hall–Kier alpha value is -3.63. The van der Waals surface area contributed by atoms with Gasteiger partial charge in [-0.1, -0.05) is 30.0 Å². The number of hydrogen-bond donors (Lipinski definition) is 0. The largest absolute Gasteiger partial charge is 0.494 e. The van der Waals surface area contributed by atoms with Crippen molar-refractivity contribution in [3.8, 4) is 28.9 Å². The molecule has 7 heteroatoms. The van der Waals surface area contributed by atoms with E-state index in [9.17, 15) is 5.26 Å². The maximum atomic E-state index is 9.36. The van der Waals surface area contributed by atoms with Gasteiger partial charge in [0.05, 0.1) is 18.2 Å².